The van der Waals surface area contributed by atoms with Gasteiger partial charge in [-0.3, -0.25) is 4.79 Å². The largest absolute Gasteiger partial charge is 0.341 e. The molecular weight excluding hydrogens is 304 g/mol. The molecule has 0 bridgehead atoms. The third-order valence-electron chi connectivity index (χ3n) is 3.80. The van der Waals surface area contributed by atoms with Crippen LogP contribution in [-0.4, -0.2) is 29.9 Å². The SMILES string of the molecule is CCC(Cc1ccccc1Br)C(=O)N1CC[C@H](N)C1. The van der Waals surface area contributed by atoms with E-state index in [4.69, 9.17) is 5.73 Å². The fourth-order valence-electron chi connectivity index (χ4n) is 2.58. The van der Waals surface area contributed by atoms with Crippen molar-refractivity contribution in [2.24, 2.45) is 11.7 Å². The summed E-state index contributed by atoms with van der Waals surface area (Å²) in [6, 6.07) is 8.28. The van der Waals surface area contributed by atoms with E-state index in [1.165, 1.54) is 5.56 Å². The van der Waals surface area contributed by atoms with E-state index < -0.39 is 0 Å². The molecule has 1 heterocycles. The van der Waals surface area contributed by atoms with Gasteiger partial charge in [0.05, 0.1) is 0 Å². The number of benzene rings is 1. The van der Waals surface area contributed by atoms with Crippen molar-refractivity contribution in [3.05, 3.63) is 34.3 Å². The Labute approximate surface area is 123 Å². The monoisotopic (exact) mass is 324 g/mol. The summed E-state index contributed by atoms with van der Waals surface area (Å²) in [7, 11) is 0. The fourth-order valence-corrected chi connectivity index (χ4v) is 3.03. The minimum absolute atomic E-state index is 0.0593. The number of hydrogen-bond donors (Lipinski definition) is 1. The molecule has 1 aliphatic rings. The summed E-state index contributed by atoms with van der Waals surface area (Å²) in [5, 5.41) is 0. The Morgan fingerprint density at radius 3 is 2.84 bits per heavy atom. The minimum atomic E-state index is 0.0593. The first-order valence-corrected chi connectivity index (χ1v) is 7.69. The average Bonchev–Trinajstić information content (AvgIpc) is 2.84. The van der Waals surface area contributed by atoms with E-state index in [1.807, 2.05) is 23.1 Å². The number of halogens is 1. The molecule has 3 nitrogen and oxygen atoms in total. The van der Waals surface area contributed by atoms with Gasteiger partial charge in [0.25, 0.3) is 0 Å². The molecule has 2 rings (SSSR count). The van der Waals surface area contributed by atoms with Gasteiger partial charge in [-0.25, -0.2) is 0 Å². The number of hydrogen-bond acceptors (Lipinski definition) is 2. The molecular formula is C15H21BrN2O. The minimum Gasteiger partial charge on any atom is -0.341 e. The maximum Gasteiger partial charge on any atom is 0.226 e. The molecule has 2 atom stereocenters. The first kappa shape index (κ1) is 14.5. The third-order valence-corrected chi connectivity index (χ3v) is 4.58. The Bertz CT molecular complexity index is 450. The molecule has 104 valence electrons. The molecule has 19 heavy (non-hydrogen) atoms. The first-order valence-electron chi connectivity index (χ1n) is 6.89. The van der Waals surface area contributed by atoms with E-state index in [0.29, 0.717) is 6.54 Å². The number of likely N-dealkylation sites (tertiary alicyclic amines) is 1. The first-order chi connectivity index (χ1) is 9.11. The van der Waals surface area contributed by atoms with Crippen LogP contribution in [0.2, 0.25) is 0 Å². The zero-order valence-corrected chi connectivity index (χ0v) is 12.9. The molecule has 1 aromatic carbocycles. The van der Waals surface area contributed by atoms with Crippen molar-refractivity contribution in [1.82, 2.24) is 4.90 Å². The van der Waals surface area contributed by atoms with Crippen molar-refractivity contribution < 1.29 is 4.79 Å². The van der Waals surface area contributed by atoms with Crippen LogP contribution in [0, 0.1) is 5.92 Å². The van der Waals surface area contributed by atoms with Gasteiger partial charge in [-0.2, -0.15) is 0 Å². The number of carbonyl (C=O) groups is 1. The second-order valence-corrected chi connectivity index (χ2v) is 6.09. The highest BCUT2D eigenvalue weighted by Gasteiger charge is 2.28. The van der Waals surface area contributed by atoms with Crippen LogP contribution in [0.3, 0.4) is 0 Å². The topological polar surface area (TPSA) is 46.3 Å². The van der Waals surface area contributed by atoms with Crippen molar-refractivity contribution in [3.63, 3.8) is 0 Å². The smallest absolute Gasteiger partial charge is 0.226 e. The van der Waals surface area contributed by atoms with Gasteiger partial charge in [0, 0.05) is 29.5 Å². The molecule has 0 aliphatic carbocycles. The van der Waals surface area contributed by atoms with Crippen LogP contribution in [0.5, 0.6) is 0 Å². The van der Waals surface area contributed by atoms with Gasteiger partial charge < -0.3 is 10.6 Å². The maximum atomic E-state index is 12.5. The molecule has 0 aromatic heterocycles. The van der Waals surface area contributed by atoms with E-state index in [0.717, 1.165) is 30.3 Å². The number of carbonyl (C=O) groups excluding carboxylic acids is 1. The number of nitrogens with two attached hydrogens (primary N) is 1. The molecule has 0 saturated carbocycles. The highest BCUT2D eigenvalue weighted by Crippen LogP contribution is 2.23. The molecule has 1 aliphatic heterocycles. The second kappa shape index (κ2) is 6.53. The lowest BCUT2D eigenvalue weighted by Gasteiger charge is -2.23. The van der Waals surface area contributed by atoms with E-state index in [-0.39, 0.29) is 17.9 Å². The zero-order chi connectivity index (χ0) is 13.8. The van der Waals surface area contributed by atoms with Crippen molar-refractivity contribution >= 4 is 21.8 Å². The molecule has 1 amide bonds. The third kappa shape index (κ3) is 3.57. The second-order valence-electron chi connectivity index (χ2n) is 5.23. The zero-order valence-electron chi connectivity index (χ0n) is 11.3. The average molecular weight is 325 g/mol. The summed E-state index contributed by atoms with van der Waals surface area (Å²) in [5.74, 6) is 0.315. The Balaban J connectivity index is 2.04. The van der Waals surface area contributed by atoms with Crippen LogP contribution in [0.15, 0.2) is 28.7 Å². The normalized spacial score (nSPS) is 20.6. The highest BCUT2D eigenvalue weighted by molar-refractivity contribution is 9.10. The van der Waals surface area contributed by atoms with Crippen LogP contribution >= 0.6 is 15.9 Å². The summed E-state index contributed by atoms with van der Waals surface area (Å²) in [6.07, 6.45) is 2.59. The fraction of sp³-hybridized carbons (Fsp3) is 0.533. The summed E-state index contributed by atoms with van der Waals surface area (Å²) in [5.41, 5.74) is 7.08. The van der Waals surface area contributed by atoms with Gasteiger partial charge in [0.15, 0.2) is 0 Å². The van der Waals surface area contributed by atoms with Crippen LogP contribution < -0.4 is 5.73 Å². The maximum absolute atomic E-state index is 12.5. The molecule has 1 aromatic rings. The lowest BCUT2D eigenvalue weighted by Crippen LogP contribution is -2.37. The molecule has 1 fully saturated rings. The van der Waals surface area contributed by atoms with Gasteiger partial charge in [-0.05, 0) is 30.9 Å². The van der Waals surface area contributed by atoms with Gasteiger partial charge in [-0.15, -0.1) is 0 Å². The molecule has 1 unspecified atom stereocenters. The van der Waals surface area contributed by atoms with Crippen molar-refractivity contribution in [1.29, 1.82) is 0 Å². The Morgan fingerprint density at radius 1 is 1.53 bits per heavy atom. The van der Waals surface area contributed by atoms with Crippen molar-refractivity contribution in [2.45, 2.75) is 32.2 Å². The molecule has 1 saturated heterocycles. The lowest BCUT2D eigenvalue weighted by molar-refractivity contribution is -0.134. The van der Waals surface area contributed by atoms with Gasteiger partial charge >= 0.3 is 0 Å². The van der Waals surface area contributed by atoms with Crippen LogP contribution in [0.1, 0.15) is 25.3 Å². The van der Waals surface area contributed by atoms with Crippen molar-refractivity contribution in [3.8, 4) is 0 Å². The number of amides is 1. The molecule has 2 N–H and O–H groups in total. The summed E-state index contributed by atoms with van der Waals surface area (Å²) >= 11 is 3.55. The Morgan fingerprint density at radius 2 is 2.26 bits per heavy atom. The van der Waals surface area contributed by atoms with Crippen LogP contribution in [-0.2, 0) is 11.2 Å². The summed E-state index contributed by atoms with van der Waals surface area (Å²) in [4.78, 5) is 14.4. The van der Waals surface area contributed by atoms with Gasteiger partial charge in [-0.1, -0.05) is 41.1 Å². The van der Waals surface area contributed by atoms with Crippen LogP contribution in [0.25, 0.3) is 0 Å². The number of nitrogens with zero attached hydrogens (tertiary/aromatic N) is 1. The van der Waals surface area contributed by atoms with Crippen LogP contribution in [0.4, 0.5) is 0 Å². The van der Waals surface area contributed by atoms with E-state index >= 15 is 0 Å². The standard InChI is InChI=1S/C15H21BrN2O/c1-2-11(9-12-5-3-4-6-14(12)16)15(19)18-8-7-13(17)10-18/h3-6,11,13H,2,7-10,17H2,1H3/t11?,13-/m0/s1. The van der Waals surface area contributed by atoms with E-state index in [1.54, 1.807) is 0 Å². The Hall–Kier alpha value is -0.870. The predicted octanol–water partition coefficient (Wildman–Crippen LogP) is 2.58. The molecule has 0 radical (unpaired) electrons. The van der Waals surface area contributed by atoms with Gasteiger partial charge in [0.2, 0.25) is 5.91 Å². The van der Waals surface area contributed by atoms with E-state index in [2.05, 4.69) is 28.9 Å². The molecule has 0 spiro atoms. The summed E-state index contributed by atoms with van der Waals surface area (Å²) < 4.78 is 1.08. The van der Waals surface area contributed by atoms with Crippen molar-refractivity contribution in [2.75, 3.05) is 13.1 Å². The molecule has 4 heteroatoms. The lowest BCUT2D eigenvalue weighted by atomic mass is 9.95. The van der Waals surface area contributed by atoms with Gasteiger partial charge in [0.1, 0.15) is 0 Å². The quantitative estimate of drug-likeness (QED) is 0.925. The highest BCUT2D eigenvalue weighted by atomic mass is 79.9. The van der Waals surface area contributed by atoms with E-state index in [9.17, 15) is 4.79 Å². The Kier molecular flexibility index (Phi) is 4.99. The number of rotatable bonds is 4. The summed E-state index contributed by atoms with van der Waals surface area (Å²) in [6.45, 7) is 3.60. The predicted molar refractivity (Wildman–Crippen MR) is 80.8 cm³/mol.